The van der Waals surface area contributed by atoms with Gasteiger partial charge in [-0.3, -0.25) is 4.90 Å². The molecular formula is C14H18FN6O2+. The van der Waals surface area contributed by atoms with Gasteiger partial charge in [0.25, 0.3) is 0 Å². The fraction of sp³-hybridized carbons (Fsp3) is 0.429. The fourth-order valence-electron chi connectivity index (χ4n) is 2.52. The minimum absolute atomic E-state index is 0.319. The number of halogens is 1. The van der Waals surface area contributed by atoms with Crippen molar-refractivity contribution in [3.63, 3.8) is 0 Å². The summed E-state index contributed by atoms with van der Waals surface area (Å²) >= 11 is 0. The van der Waals surface area contributed by atoms with E-state index in [1.54, 1.807) is 12.1 Å². The molecule has 0 unspecified atom stereocenters. The van der Waals surface area contributed by atoms with Gasteiger partial charge < -0.3 is 10.0 Å². The Balaban J connectivity index is 1.66. The minimum atomic E-state index is -0.893. The van der Waals surface area contributed by atoms with Crippen LogP contribution in [-0.2, 0) is 6.54 Å². The first kappa shape index (κ1) is 15.3. The van der Waals surface area contributed by atoms with E-state index >= 15 is 0 Å². The molecule has 0 saturated carbocycles. The zero-order valence-corrected chi connectivity index (χ0v) is 12.7. The maximum atomic E-state index is 13.9. The lowest BCUT2D eigenvalue weighted by molar-refractivity contribution is -0.718. The van der Waals surface area contributed by atoms with Crippen LogP contribution < -0.4 is 4.80 Å². The lowest BCUT2D eigenvalue weighted by Gasteiger charge is -2.31. The molecule has 1 fully saturated rings. The summed E-state index contributed by atoms with van der Waals surface area (Å²) in [5.74, 6) is 0.160. The molecule has 0 aliphatic carbocycles. The molecule has 1 aliphatic rings. The van der Waals surface area contributed by atoms with Gasteiger partial charge in [-0.05, 0) is 39.7 Å². The second-order valence-corrected chi connectivity index (χ2v) is 5.54. The molecule has 0 bridgehead atoms. The van der Waals surface area contributed by atoms with Gasteiger partial charge in [0, 0.05) is 26.2 Å². The molecule has 8 nitrogen and oxygen atoms in total. The van der Waals surface area contributed by atoms with Crippen LogP contribution in [0.15, 0.2) is 18.2 Å². The molecule has 1 amide bonds. The largest absolute Gasteiger partial charge is 0.465 e. The van der Waals surface area contributed by atoms with E-state index in [0.29, 0.717) is 44.2 Å². The maximum absolute atomic E-state index is 13.9. The number of benzene rings is 1. The minimum Gasteiger partial charge on any atom is -0.465 e. The topological polar surface area (TPSA) is 89.2 Å². The molecular weight excluding hydrogens is 303 g/mol. The third-order valence-corrected chi connectivity index (χ3v) is 3.83. The van der Waals surface area contributed by atoms with Crippen molar-refractivity contribution in [1.29, 1.82) is 0 Å². The molecule has 0 radical (unpaired) electrons. The number of aromatic amines is 1. The molecule has 1 aromatic heterocycles. The van der Waals surface area contributed by atoms with Gasteiger partial charge in [-0.2, -0.15) is 0 Å². The first-order valence-electron chi connectivity index (χ1n) is 7.33. The number of carboxylic acid groups (broad SMARTS) is 1. The zero-order valence-electron chi connectivity index (χ0n) is 12.7. The van der Waals surface area contributed by atoms with Crippen LogP contribution in [0.2, 0.25) is 0 Å². The number of H-pyrrole nitrogens is 1. The Hall–Kier alpha value is -2.55. The normalized spacial score (nSPS) is 15.8. The van der Waals surface area contributed by atoms with Crippen LogP contribution in [0.5, 0.6) is 0 Å². The van der Waals surface area contributed by atoms with Crippen molar-refractivity contribution in [2.75, 3.05) is 26.2 Å². The molecule has 122 valence electrons. The SMILES string of the molecule is Cc1ccc(F)c(-[n+]2nc(CN3CCN(C(=O)O)CC3)n[nH]2)c1. The quantitative estimate of drug-likeness (QED) is 0.795. The molecule has 9 heteroatoms. The van der Waals surface area contributed by atoms with Crippen molar-refractivity contribution < 1.29 is 19.1 Å². The van der Waals surface area contributed by atoms with Crippen LogP contribution in [0, 0.1) is 12.7 Å². The highest BCUT2D eigenvalue weighted by atomic mass is 19.1. The molecule has 1 aliphatic heterocycles. The molecule has 23 heavy (non-hydrogen) atoms. The van der Waals surface area contributed by atoms with E-state index in [9.17, 15) is 9.18 Å². The van der Waals surface area contributed by atoms with Crippen molar-refractivity contribution in [1.82, 2.24) is 25.2 Å². The number of tetrazole rings is 1. The average Bonchev–Trinajstić information content (AvgIpc) is 2.98. The summed E-state index contributed by atoms with van der Waals surface area (Å²) in [4.78, 5) is 15.6. The first-order valence-corrected chi connectivity index (χ1v) is 7.33. The first-order chi connectivity index (χ1) is 11.0. The number of carbonyl (C=O) groups is 1. The Morgan fingerprint density at radius 1 is 1.39 bits per heavy atom. The Labute approximate surface area is 132 Å². The molecule has 3 rings (SSSR count). The summed E-state index contributed by atoms with van der Waals surface area (Å²) in [5.41, 5.74) is 1.25. The molecule has 0 atom stereocenters. The van der Waals surface area contributed by atoms with E-state index in [1.807, 2.05) is 6.92 Å². The number of nitrogens with zero attached hydrogens (tertiary/aromatic N) is 5. The van der Waals surface area contributed by atoms with Crippen molar-refractivity contribution in [2.24, 2.45) is 0 Å². The van der Waals surface area contributed by atoms with Gasteiger partial charge in [0.05, 0.1) is 11.6 Å². The lowest BCUT2D eigenvalue weighted by atomic mass is 10.2. The van der Waals surface area contributed by atoms with E-state index in [1.165, 1.54) is 15.8 Å². The van der Waals surface area contributed by atoms with Crippen molar-refractivity contribution in [3.05, 3.63) is 35.4 Å². The highest BCUT2D eigenvalue weighted by Gasteiger charge is 2.24. The van der Waals surface area contributed by atoms with E-state index < -0.39 is 6.09 Å². The number of aromatic nitrogens is 4. The lowest BCUT2D eigenvalue weighted by Crippen LogP contribution is -2.48. The van der Waals surface area contributed by atoms with Crippen LogP contribution in [0.25, 0.3) is 5.69 Å². The summed E-state index contributed by atoms with van der Waals surface area (Å²) in [6, 6.07) is 4.78. The third kappa shape index (κ3) is 3.45. The maximum Gasteiger partial charge on any atom is 0.407 e. The van der Waals surface area contributed by atoms with Crippen molar-refractivity contribution in [2.45, 2.75) is 13.5 Å². The van der Waals surface area contributed by atoms with Gasteiger partial charge in [0.2, 0.25) is 5.69 Å². The molecule has 2 aromatic rings. The summed E-state index contributed by atoms with van der Waals surface area (Å²) in [6.45, 7) is 4.55. The summed E-state index contributed by atoms with van der Waals surface area (Å²) < 4.78 is 13.9. The predicted octanol–water partition coefficient (Wildman–Crippen LogP) is 0.325. The monoisotopic (exact) mass is 321 g/mol. The molecule has 1 saturated heterocycles. The van der Waals surface area contributed by atoms with Crippen LogP contribution in [0.1, 0.15) is 11.4 Å². The van der Waals surface area contributed by atoms with E-state index in [2.05, 4.69) is 20.3 Å². The van der Waals surface area contributed by atoms with Gasteiger partial charge in [0.15, 0.2) is 5.82 Å². The number of hydrogen-bond acceptors (Lipinski definition) is 4. The van der Waals surface area contributed by atoms with E-state index in [4.69, 9.17) is 5.11 Å². The second kappa shape index (κ2) is 6.29. The number of piperazine rings is 1. The van der Waals surface area contributed by atoms with Crippen LogP contribution >= 0.6 is 0 Å². The van der Waals surface area contributed by atoms with Crippen LogP contribution in [0.3, 0.4) is 0 Å². The zero-order chi connectivity index (χ0) is 16.4. The summed E-state index contributed by atoms with van der Waals surface area (Å²) in [6.07, 6.45) is -0.893. The number of hydrogen-bond donors (Lipinski definition) is 2. The molecule has 2 heterocycles. The Kier molecular flexibility index (Phi) is 4.20. The molecule has 0 spiro atoms. The number of aryl methyl sites for hydroxylation is 1. The van der Waals surface area contributed by atoms with Gasteiger partial charge in [-0.15, -0.1) is 0 Å². The number of nitrogens with one attached hydrogen (secondary N) is 1. The van der Waals surface area contributed by atoms with E-state index in [0.717, 1.165) is 5.56 Å². The van der Waals surface area contributed by atoms with Gasteiger partial charge in [0.1, 0.15) is 0 Å². The highest BCUT2D eigenvalue weighted by molar-refractivity contribution is 5.65. The Bertz CT molecular complexity index is 711. The van der Waals surface area contributed by atoms with Crippen molar-refractivity contribution >= 4 is 6.09 Å². The molecule has 2 N–H and O–H groups in total. The average molecular weight is 321 g/mol. The van der Waals surface area contributed by atoms with Gasteiger partial charge in [-0.1, -0.05) is 6.07 Å². The number of rotatable bonds is 3. The Morgan fingerprint density at radius 3 is 2.83 bits per heavy atom. The second-order valence-electron chi connectivity index (χ2n) is 5.54. The van der Waals surface area contributed by atoms with E-state index in [-0.39, 0.29) is 5.82 Å². The Morgan fingerprint density at radius 2 is 2.13 bits per heavy atom. The molecule has 1 aromatic carbocycles. The third-order valence-electron chi connectivity index (χ3n) is 3.83. The van der Waals surface area contributed by atoms with Gasteiger partial charge in [-0.25, -0.2) is 9.18 Å². The highest BCUT2D eigenvalue weighted by Crippen LogP contribution is 2.09. The smallest absolute Gasteiger partial charge is 0.407 e. The predicted molar refractivity (Wildman–Crippen MR) is 77.5 cm³/mol. The summed E-state index contributed by atoms with van der Waals surface area (Å²) in [5, 5.41) is 20.0. The summed E-state index contributed by atoms with van der Waals surface area (Å²) in [7, 11) is 0. The number of amides is 1. The standard InChI is InChI=1S/C14H17FN6O2/c1-10-2-3-11(15)12(8-10)21-17-13(16-18-21)9-19-4-6-20(7-5-19)14(22)23/h2-3,8H,4-7,9H2,1H3,(H,22,23)/p+1. The van der Waals surface area contributed by atoms with Crippen molar-refractivity contribution in [3.8, 4) is 5.69 Å². The van der Waals surface area contributed by atoms with Crippen LogP contribution in [0.4, 0.5) is 9.18 Å². The van der Waals surface area contributed by atoms with Gasteiger partial charge >= 0.3 is 11.9 Å². The van der Waals surface area contributed by atoms with Crippen LogP contribution in [-0.4, -0.2) is 62.6 Å². The fourth-order valence-corrected chi connectivity index (χ4v) is 2.52.